The number of anilines is 2. The predicted octanol–water partition coefficient (Wildman–Crippen LogP) is 2.95. The fraction of sp³-hybridized carbons (Fsp3) is 0.200. The van der Waals surface area contributed by atoms with E-state index < -0.39 is 17.6 Å². The average Bonchev–Trinajstić information content (AvgIpc) is 3.06. The summed E-state index contributed by atoms with van der Waals surface area (Å²) >= 11 is 0.881. The summed E-state index contributed by atoms with van der Waals surface area (Å²) in [4.78, 5) is 24.8. The summed E-state index contributed by atoms with van der Waals surface area (Å²) < 4.78 is 4.96. The summed E-state index contributed by atoms with van der Waals surface area (Å²) in [7, 11) is 0. The topological polar surface area (TPSA) is 142 Å². The van der Waals surface area contributed by atoms with Gasteiger partial charge in [0.1, 0.15) is 28.6 Å². The van der Waals surface area contributed by atoms with Crippen molar-refractivity contribution in [1.82, 2.24) is 0 Å². The fourth-order valence-electron chi connectivity index (χ4n) is 2.38. The molecule has 0 saturated heterocycles. The molecule has 0 saturated carbocycles. The number of hydrazone groups is 1. The van der Waals surface area contributed by atoms with Gasteiger partial charge in [0.05, 0.1) is 23.9 Å². The first kappa shape index (κ1) is 22.1. The molecule has 0 atom stereocenters. The lowest BCUT2D eigenvalue weighted by Gasteiger charge is -2.15. The summed E-state index contributed by atoms with van der Waals surface area (Å²) in [6.45, 7) is 3.21. The van der Waals surface area contributed by atoms with E-state index in [0.717, 1.165) is 11.3 Å². The van der Waals surface area contributed by atoms with Gasteiger partial charge in [-0.25, -0.2) is 9.80 Å². The average molecular weight is 420 g/mol. The van der Waals surface area contributed by atoms with Crippen LogP contribution >= 0.6 is 11.3 Å². The van der Waals surface area contributed by atoms with Crippen molar-refractivity contribution in [2.75, 3.05) is 23.5 Å². The highest BCUT2D eigenvalue weighted by Crippen LogP contribution is 2.33. The third kappa shape index (κ3) is 4.99. The van der Waals surface area contributed by atoms with Crippen LogP contribution in [0.25, 0.3) is 0 Å². The molecule has 0 spiro atoms. The highest BCUT2D eigenvalue weighted by atomic mass is 32.1. The molecule has 10 heteroatoms. The highest BCUT2D eigenvalue weighted by Gasteiger charge is 2.24. The number of hydrogen-bond donors (Lipinski definition) is 1. The number of ether oxygens (including phenoxy) is 1. The summed E-state index contributed by atoms with van der Waals surface area (Å²) in [5.41, 5.74) is 0.489. The van der Waals surface area contributed by atoms with E-state index in [-0.39, 0.29) is 28.6 Å². The van der Waals surface area contributed by atoms with Gasteiger partial charge in [0, 0.05) is 0 Å². The van der Waals surface area contributed by atoms with Crippen LogP contribution < -0.4 is 10.3 Å². The first-order chi connectivity index (χ1) is 14.5. The number of para-hydroxylation sites is 1. The van der Waals surface area contributed by atoms with Gasteiger partial charge in [-0.2, -0.15) is 20.9 Å². The summed E-state index contributed by atoms with van der Waals surface area (Å²) in [6, 6.07) is 14.2. The van der Waals surface area contributed by atoms with Gasteiger partial charge < -0.3 is 10.1 Å². The number of nitrogens with zero attached hydrogens (tertiary/aromatic N) is 5. The molecule has 2 rings (SSSR count). The number of amides is 1. The minimum absolute atomic E-state index is 0.102. The van der Waals surface area contributed by atoms with Crippen LogP contribution in [0.15, 0.2) is 35.4 Å². The number of nitrogens with one attached hydrogen (secondary N) is 1. The van der Waals surface area contributed by atoms with Gasteiger partial charge in [-0.15, -0.1) is 11.3 Å². The quantitative estimate of drug-likeness (QED) is 0.314. The lowest BCUT2D eigenvalue weighted by molar-refractivity contribution is -0.110. The number of rotatable bonds is 7. The smallest absolute Gasteiger partial charge is 0.348 e. The second kappa shape index (κ2) is 10.4. The summed E-state index contributed by atoms with van der Waals surface area (Å²) in [5.74, 6) is -1.47. The van der Waals surface area contributed by atoms with Gasteiger partial charge in [-0.3, -0.25) is 4.79 Å². The summed E-state index contributed by atoms with van der Waals surface area (Å²) in [6.07, 6.45) is 0. The zero-order valence-electron chi connectivity index (χ0n) is 16.2. The van der Waals surface area contributed by atoms with Crippen LogP contribution in [0.5, 0.6) is 0 Å². The Morgan fingerprint density at radius 2 is 1.93 bits per heavy atom. The maximum atomic E-state index is 12.6. The molecule has 0 aliphatic carbocycles. The highest BCUT2D eigenvalue weighted by molar-refractivity contribution is 7.18. The molecule has 150 valence electrons. The van der Waals surface area contributed by atoms with Crippen molar-refractivity contribution in [3.8, 4) is 18.2 Å². The molecule has 0 fully saturated rings. The van der Waals surface area contributed by atoms with Crippen molar-refractivity contribution in [3.63, 3.8) is 0 Å². The molecular weight excluding hydrogens is 404 g/mol. The minimum Gasteiger partial charge on any atom is -0.462 e. The third-order valence-electron chi connectivity index (χ3n) is 3.76. The number of carbonyl (C=O) groups excluding carboxylic acids is 2. The van der Waals surface area contributed by atoms with Gasteiger partial charge in [0.25, 0.3) is 5.91 Å². The molecule has 1 amide bonds. The Kier molecular flexibility index (Phi) is 7.64. The first-order valence-corrected chi connectivity index (χ1v) is 9.48. The molecule has 0 bridgehead atoms. The Morgan fingerprint density at radius 3 is 2.50 bits per heavy atom. The molecule has 1 aromatic carbocycles. The van der Waals surface area contributed by atoms with Crippen molar-refractivity contribution < 1.29 is 14.3 Å². The van der Waals surface area contributed by atoms with Gasteiger partial charge in [0.15, 0.2) is 0 Å². The van der Waals surface area contributed by atoms with Crippen molar-refractivity contribution in [2.45, 2.75) is 13.8 Å². The van der Waals surface area contributed by atoms with Gasteiger partial charge in [-0.05, 0) is 31.5 Å². The normalized spacial score (nSPS) is 10.3. The van der Waals surface area contributed by atoms with Crippen molar-refractivity contribution in [2.24, 2.45) is 5.10 Å². The molecule has 1 aromatic heterocycles. The third-order valence-corrected chi connectivity index (χ3v) is 4.95. The van der Waals surface area contributed by atoms with E-state index in [1.54, 1.807) is 50.2 Å². The zero-order valence-corrected chi connectivity index (χ0v) is 17.0. The fourth-order valence-corrected chi connectivity index (χ4v) is 3.43. The number of hydrogen-bond acceptors (Lipinski definition) is 9. The number of carbonyl (C=O) groups is 2. The summed E-state index contributed by atoms with van der Waals surface area (Å²) in [5, 5.41) is 35.6. The van der Waals surface area contributed by atoms with Crippen LogP contribution in [0.1, 0.15) is 27.7 Å². The standard InChI is InChI=1S/C20H16N6O3S/c1-3-29-20(28)17-13(2)15(11-22)19(30-17)24-18(27)16(12-23)25-26(10-9-21)14-7-5-4-6-8-14/h4-8H,3,10H2,1-2H3,(H,24,27)/b25-16+. The van der Waals surface area contributed by atoms with Crippen molar-refractivity contribution in [3.05, 3.63) is 46.3 Å². The maximum absolute atomic E-state index is 12.6. The van der Waals surface area contributed by atoms with Gasteiger partial charge in [-0.1, -0.05) is 18.2 Å². The van der Waals surface area contributed by atoms with E-state index in [2.05, 4.69) is 10.4 Å². The number of thiophene rings is 1. The van der Waals surface area contributed by atoms with E-state index in [4.69, 9.17) is 10.00 Å². The molecule has 0 aliphatic heterocycles. The molecule has 0 radical (unpaired) electrons. The molecule has 2 aromatic rings. The predicted molar refractivity (Wildman–Crippen MR) is 111 cm³/mol. The Labute approximate surface area is 177 Å². The van der Waals surface area contributed by atoms with Crippen LogP contribution in [0, 0.1) is 40.9 Å². The first-order valence-electron chi connectivity index (χ1n) is 8.66. The van der Waals surface area contributed by atoms with E-state index in [0.29, 0.717) is 11.3 Å². The van der Waals surface area contributed by atoms with E-state index in [9.17, 15) is 20.1 Å². The van der Waals surface area contributed by atoms with Crippen LogP contribution in [-0.4, -0.2) is 30.7 Å². The van der Waals surface area contributed by atoms with E-state index in [1.807, 2.05) is 12.1 Å². The largest absolute Gasteiger partial charge is 0.462 e. The number of benzene rings is 1. The molecule has 0 aliphatic rings. The van der Waals surface area contributed by atoms with Crippen molar-refractivity contribution in [1.29, 1.82) is 15.8 Å². The molecule has 30 heavy (non-hydrogen) atoms. The van der Waals surface area contributed by atoms with Crippen LogP contribution in [0.4, 0.5) is 10.7 Å². The second-order valence-corrected chi connectivity index (χ2v) is 6.68. The van der Waals surface area contributed by atoms with Crippen molar-refractivity contribution >= 4 is 39.6 Å². The Balaban J connectivity index is 2.35. The molecule has 0 unspecified atom stereocenters. The van der Waals surface area contributed by atoms with Gasteiger partial charge in [0.2, 0.25) is 5.71 Å². The molecule has 9 nitrogen and oxygen atoms in total. The van der Waals surface area contributed by atoms with Crippen LogP contribution in [0.2, 0.25) is 0 Å². The van der Waals surface area contributed by atoms with Crippen LogP contribution in [-0.2, 0) is 9.53 Å². The minimum atomic E-state index is -0.871. The Bertz CT molecular complexity index is 1100. The van der Waals surface area contributed by atoms with Crippen LogP contribution in [0.3, 0.4) is 0 Å². The second-order valence-electron chi connectivity index (χ2n) is 5.66. The Morgan fingerprint density at radius 1 is 1.23 bits per heavy atom. The van der Waals surface area contributed by atoms with E-state index in [1.165, 1.54) is 5.01 Å². The molecule has 1 N–H and O–H groups in total. The van der Waals surface area contributed by atoms with E-state index >= 15 is 0 Å². The number of nitriles is 3. The maximum Gasteiger partial charge on any atom is 0.348 e. The molecule has 1 heterocycles. The monoisotopic (exact) mass is 420 g/mol. The lowest BCUT2D eigenvalue weighted by Crippen LogP contribution is -2.27. The SMILES string of the molecule is CCOC(=O)c1sc(NC(=O)/C(C#N)=N/N(CC#N)c2ccccc2)c(C#N)c1C. The molecular formula is C20H16N6O3S. The lowest BCUT2D eigenvalue weighted by atomic mass is 10.2. The zero-order chi connectivity index (χ0) is 22.1. The Hall–Kier alpha value is -4.20. The number of esters is 1. The van der Waals surface area contributed by atoms with Gasteiger partial charge >= 0.3 is 5.97 Å².